The summed E-state index contributed by atoms with van der Waals surface area (Å²) in [5.74, 6) is 0.379. The van der Waals surface area contributed by atoms with Crippen molar-refractivity contribution in [2.75, 3.05) is 31.2 Å². The van der Waals surface area contributed by atoms with Gasteiger partial charge in [-0.15, -0.1) is 0 Å². The maximum Gasteiger partial charge on any atom is 0.240 e. The number of rotatable bonds is 6. The third-order valence-electron chi connectivity index (χ3n) is 4.64. The lowest BCUT2D eigenvalue weighted by molar-refractivity contribution is 0.122. The summed E-state index contributed by atoms with van der Waals surface area (Å²) in [4.78, 5) is 2.57. The van der Waals surface area contributed by atoms with Gasteiger partial charge in [-0.1, -0.05) is 38.1 Å². The molecule has 0 atom stereocenters. The molecule has 26 heavy (non-hydrogen) atoms. The van der Waals surface area contributed by atoms with Crippen LogP contribution in [-0.4, -0.2) is 34.7 Å². The number of nitrogens with zero attached hydrogens (tertiary/aromatic N) is 1. The number of ether oxygens (including phenoxy) is 1. The molecule has 140 valence electrons. The van der Waals surface area contributed by atoms with Gasteiger partial charge < -0.3 is 9.64 Å². The van der Waals surface area contributed by atoms with Crippen LogP contribution in [0.3, 0.4) is 0 Å². The van der Waals surface area contributed by atoms with Crippen LogP contribution in [0.2, 0.25) is 0 Å². The van der Waals surface area contributed by atoms with Crippen LogP contribution in [0.25, 0.3) is 0 Å². The van der Waals surface area contributed by atoms with Crippen LogP contribution in [0.1, 0.15) is 30.9 Å². The lowest BCUT2D eigenvalue weighted by Gasteiger charge is -2.28. The molecule has 0 saturated carbocycles. The molecule has 6 heteroatoms. The fraction of sp³-hybridized carbons (Fsp3) is 0.400. The fourth-order valence-electron chi connectivity index (χ4n) is 2.94. The number of hydrogen-bond acceptors (Lipinski definition) is 4. The minimum absolute atomic E-state index is 0.275. The van der Waals surface area contributed by atoms with Gasteiger partial charge in [0.2, 0.25) is 10.0 Å². The Morgan fingerprint density at radius 3 is 2.19 bits per heavy atom. The molecule has 3 rings (SSSR count). The fourth-order valence-corrected chi connectivity index (χ4v) is 3.96. The summed E-state index contributed by atoms with van der Waals surface area (Å²) in [6.45, 7) is 7.72. The van der Waals surface area contributed by atoms with E-state index in [-0.39, 0.29) is 6.54 Å². The zero-order chi connectivity index (χ0) is 18.6. The first kappa shape index (κ1) is 18.9. The first-order valence-corrected chi connectivity index (χ1v) is 10.5. The monoisotopic (exact) mass is 374 g/mol. The van der Waals surface area contributed by atoms with Gasteiger partial charge >= 0.3 is 0 Å². The van der Waals surface area contributed by atoms with Crippen LogP contribution in [0.15, 0.2) is 53.4 Å². The molecular formula is C20H26N2O3S. The van der Waals surface area contributed by atoms with E-state index >= 15 is 0 Å². The minimum Gasteiger partial charge on any atom is -0.378 e. The molecule has 0 aliphatic carbocycles. The third kappa shape index (κ3) is 4.63. The summed E-state index contributed by atoms with van der Waals surface area (Å²) in [5, 5.41) is 0. The van der Waals surface area contributed by atoms with Crippen LogP contribution >= 0.6 is 0 Å². The maximum atomic E-state index is 12.5. The molecule has 2 aromatic carbocycles. The largest absolute Gasteiger partial charge is 0.378 e. The molecule has 0 spiro atoms. The lowest BCUT2D eigenvalue weighted by atomic mass is 10.0. The summed E-state index contributed by atoms with van der Waals surface area (Å²) in [6.07, 6.45) is 0. The van der Waals surface area contributed by atoms with E-state index in [9.17, 15) is 8.42 Å². The van der Waals surface area contributed by atoms with E-state index in [1.165, 1.54) is 0 Å². The molecular weight excluding hydrogens is 348 g/mol. The predicted molar refractivity (Wildman–Crippen MR) is 104 cm³/mol. The smallest absolute Gasteiger partial charge is 0.240 e. The Bertz CT molecular complexity index is 809. The van der Waals surface area contributed by atoms with E-state index in [2.05, 4.69) is 23.5 Å². The molecule has 0 aromatic heterocycles. The van der Waals surface area contributed by atoms with Gasteiger partial charge in [-0.3, -0.25) is 0 Å². The van der Waals surface area contributed by atoms with Gasteiger partial charge in [-0.25, -0.2) is 13.1 Å². The molecule has 5 nitrogen and oxygen atoms in total. The summed E-state index contributed by atoms with van der Waals surface area (Å²) >= 11 is 0. The van der Waals surface area contributed by atoms with Crippen molar-refractivity contribution >= 4 is 15.7 Å². The highest BCUT2D eigenvalue weighted by molar-refractivity contribution is 7.89. The molecule has 1 N–H and O–H groups in total. The molecule has 1 heterocycles. The SMILES string of the molecule is CC(C)c1ccc(S(=O)(=O)NCc2ccc(N3CCOCC3)cc2)cc1. The molecule has 1 aliphatic rings. The molecule has 2 aromatic rings. The topological polar surface area (TPSA) is 58.6 Å². The Hall–Kier alpha value is -1.89. The second kappa shape index (κ2) is 8.20. The van der Waals surface area contributed by atoms with Crippen molar-refractivity contribution in [3.05, 3.63) is 59.7 Å². The second-order valence-corrected chi connectivity index (χ2v) is 8.58. The van der Waals surface area contributed by atoms with Crippen LogP contribution in [0.4, 0.5) is 5.69 Å². The first-order valence-electron chi connectivity index (χ1n) is 8.97. The van der Waals surface area contributed by atoms with Gasteiger partial charge in [0.1, 0.15) is 0 Å². The summed E-state index contributed by atoms with van der Waals surface area (Å²) in [5.41, 5.74) is 3.20. The molecule has 1 saturated heterocycles. The number of morpholine rings is 1. The molecule has 0 amide bonds. The Morgan fingerprint density at radius 2 is 1.62 bits per heavy atom. The highest BCUT2D eigenvalue weighted by Crippen LogP contribution is 2.19. The lowest BCUT2D eigenvalue weighted by Crippen LogP contribution is -2.36. The van der Waals surface area contributed by atoms with Crippen LogP contribution in [0.5, 0.6) is 0 Å². The minimum atomic E-state index is -3.51. The van der Waals surface area contributed by atoms with Gasteiger partial charge in [-0.05, 0) is 41.3 Å². The van der Waals surface area contributed by atoms with E-state index in [1.54, 1.807) is 12.1 Å². The normalized spacial score (nSPS) is 15.4. The van der Waals surface area contributed by atoms with E-state index in [1.807, 2.05) is 36.4 Å². The van der Waals surface area contributed by atoms with Gasteiger partial charge in [0.25, 0.3) is 0 Å². The summed E-state index contributed by atoms with van der Waals surface area (Å²) < 4.78 is 33.0. The van der Waals surface area contributed by atoms with E-state index in [0.29, 0.717) is 10.8 Å². The van der Waals surface area contributed by atoms with Crippen LogP contribution in [0, 0.1) is 0 Å². The average Bonchev–Trinajstić information content (AvgIpc) is 2.67. The first-order chi connectivity index (χ1) is 12.5. The number of sulfonamides is 1. The Labute approximate surface area is 156 Å². The quantitative estimate of drug-likeness (QED) is 0.844. The standard InChI is InChI=1S/C20H26N2O3S/c1-16(2)18-5-9-20(10-6-18)26(23,24)21-15-17-3-7-19(8-4-17)22-11-13-25-14-12-22/h3-10,16,21H,11-15H2,1-2H3. The third-order valence-corrected chi connectivity index (χ3v) is 6.05. The Kier molecular flexibility index (Phi) is 5.96. The van der Waals surface area contributed by atoms with Crippen molar-refractivity contribution in [3.8, 4) is 0 Å². The Morgan fingerprint density at radius 1 is 1.00 bits per heavy atom. The van der Waals surface area contributed by atoms with Gasteiger partial charge in [-0.2, -0.15) is 0 Å². The van der Waals surface area contributed by atoms with E-state index in [0.717, 1.165) is 43.1 Å². The van der Waals surface area contributed by atoms with Crippen molar-refractivity contribution in [2.24, 2.45) is 0 Å². The molecule has 0 bridgehead atoms. The number of hydrogen-bond donors (Lipinski definition) is 1. The zero-order valence-corrected chi connectivity index (χ0v) is 16.1. The highest BCUT2D eigenvalue weighted by atomic mass is 32.2. The summed E-state index contributed by atoms with van der Waals surface area (Å²) in [7, 11) is -3.51. The zero-order valence-electron chi connectivity index (χ0n) is 15.3. The van der Waals surface area contributed by atoms with E-state index in [4.69, 9.17) is 4.74 Å². The maximum absolute atomic E-state index is 12.5. The molecule has 0 unspecified atom stereocenters. The van der Waals surface area contributed by atoms with Crippen molar-refractivity contribution in [1.29, 1.82) is 0 Å². The van der Waals surface area contributed by atoms with Crippen molar-refractivity contribution in [2.45, 2.75) is 31.2 Å². The van der Waals surface area contributed by atoms with Crippen LogP contribution in [-0.2, 0) is 21.3 Å². The van der Waals surface area contributed by atoms with Gasteiger partial charge in [0.05, 0.1) is 18.1 Å². The highest BCUT2D eigenvalue weighted by Gasteiger charge is 2.15. The second-order valence-electron chi connectivity index (χ2n) is 6.81. The summed E-state index contributed by atoms with van der Waals surface area (Å²) in [6, 6.07) is 15.1. The van der Waals surface area contributed by atoms with Crippen molar-refractivity contribution in [1.82, 2.24) is 4.72 Å². The van der Waals surface area contributed by atoms with Gasteiger partial charge in [0.15, 0.2) is 0 Å². The number of benzene rings is 2. The molecule has 1 aliphatic heterocycles. The van der Waals surface area contributed by atoms with E-state index < -0.39 is 10.0 Å². The number of nitrogens with one attached hydrogen (secondary N) is 1. The number of anilines is 1. The van der Waals surface area contributed by atoms with Gasteiger partial charge in [0, 0.05) is 25.3 Å². The van der Waals surface area contributed by atoms with Crippen molar-refractivity contribution < 1.29 is 13.2 Å². The predicted octanol–water partition coefficient (Wildman–Crippen LogP) is 3.13. The molecule has 0 radical (unpaired) electrons. The average molecular weight is 375 g/mol. The van der Waals surface area contributed by atoms with Crippen molar-refractivity contribution in [3.63, 3.8) is 0 Å². The molecule has 1 fully saturated rings. The Balaban J connectivity index is 1.62. The van der Waals surface area contributed by atoms with Crippen LogP contribution < -0.4 is 9.62 Å².